The molecule has 0 fully saturated rings. The first kappa shape index (κ1) is 13.1. The predicted molar refractivity (Wildman–Crippen MR) is 74.2 cm³/mol. The second-order valence-electron chi connectivity index (χ2n) is 4.14. The Kier molecular flexibility index (Phi) is 4.33. The fraction of sp³-hybridized carbons (Fsp3) is 0.286. The molecule has 1 aromatic rings. The third-order valence-electron chi connectivity index (χ3n) is 2.74. The Hall–Kier alpha value is -1.39. The Labute approximate surface area is 111 Å². The van der Waals surface area contributed by atoms with Crippen LogP contribution in [0.15, 0.2) is 41.4 Å². The smallest absolute Gasteiger partial charge is 0.244 e. The van der Waals surface area contributed by atoms with Gasteiger partial charge in [-0.05, 0) is 18.2 Å². The van der Waals surface area contributed by atoms with Gasteiger partial charge in [-0.2, -0.15) is 4.58 Å². The highest BCUT2D eigenvalue weighted by Crippen LogP contribution is 2.28. The number of thioether (sulfide) groups is 1. The van der Waals surface area contributed by atoms with E-state index in [9.17, 15) is 4.79 Å². The minimum atomic E-state index is 0.0167. The van der Waals surface area contributed by atoms with E-state index in [1.807, 2.05) is 48.2 Å². The normalized spacial score (nSPS) is 21.1. The van der Waals surface area contributed by atoms with Crippen molar-refractivity contribution in [3.63, 3.8) is 0 Å². The summed E-state index contributed by atoms with van der Waals surface area (Å²) in [6.07, 6.45) is 4.41. The molecule has 1 heterocycles. The highest BCUT2D eigenvalue weighted by atomic mass is 32.2. The number of aliphatic hydroxyl groups is 1. The van der Waals surface area contributed by atoms with E-state index in [1.54, 1.807) is 17.8 Å². The molecule has 4 heteroatoms. The lowest BCUT2D eigenvalue weighted by molar-refractivity contribution is -0.422. The fourth-order valence-corrected chi connectivity index (χ4v) is 2.97. The maximum atomic E-state index is 12.0. The predicted octanol–water partition coefficient (Wildman–Crippen LogP) is 1.92. The van der Waals surface area contributed by atoms with Gasteiger partial charge in [-0.1, -0.05) is 30.3 Å². The molecule has 1 atom stereocenters. The molecule has 0 saturated carbocycles. The summed E-state index contributed by atoms with van der Waals surface area (Å²) in [5.74, 6) is 0.0167. The molecular weight excluding hydrogens is 246 g/mol. The number of aliphatic hydroxyl groups excluding tert-OH is 1. The van der Waals surface area contributed by atoms with E-state index in [0.717, 1.165) is 5.03 Å². The van der Waals surface area contributed by atoms with Gasteiger partial charge in [0, 0.05) is 12.2 Å². The molecule has 0 bridgehead atoms. The molecule has 1 unspecified atom stereocenters. The monoisotopic (exact) mass is 262 g/mol. The number of carbonyl (C=O) groups excluding carboxylic acids is 1. The standard InChI is InChI=1S/C14H16NO2S/c1-15-10-12(7-8-16)18-14(15)9-13(17)11-5-3-2-4-6-11/h2-6,9-10,12,16H,7-8H2,1H3/q+1/b14-9-. The topological polar surface area (TPSA) is 40.3 Å². The van der Waals surface area contributed by atoms with Crippen LogP contribution in [-0.2, 0) is 0 Å². The lowest BCUT2D eigenvalue weighted by atomic mass is 10.1. The van der Waals surface area contributed by atoms with Gasteiger partial charge in [-0.25, -0.2) is 0 Å². The number of hydrogen-bond acceptors (Lipinski definition) is 3. The number of ketones is 1. The Bertz CT molecular complexity index is 494. The molecule has 18 heavy (non-hydrogen) atoms. The van der Waals surface area contributed by atoms with Gasteiger partial charge in [0.25, 0.3) is 0 Å². The Balaban J connectivity index is 2.11. The van der Waals surface area contributed by atoms with Crippen molar-refractivity contribution in [1.82, 2.24) is 0 Å². The molecule has 1 N–H and O–H groups in total. The molecule has 0 spiro atoms. The van der Waals surface area contributed by atoms with Crippen molar-refractivity contribution in [2.45, 2.75) is 11.7 Å². The average Bonchev–Trinajstić information content (AvgIpc) is 2.71. The highest BCUT2D eigenvalue weighted by Gasteiger charge is 2.27. The molecule has 0 aromatic heterocycles. The molecule has 0 aliphatic carbocycles. The van der Waals surface area contributed by atoms with Crippen molar-refractivity contribution < 1.29 is 14.5 Å². The summed E-state index contributed by atoms with van der Waals surface area (Å²) in [7, 11) is 1.93. The van der Waals surface area contributed by atoms with Crippen molar-refractivity contribution in [2.75, 3.05) is 13.7 Å². The van der Waals surface area contributed by atoms with Crippen LogP contribution in [0.25, 0.3) is 0 Å². The molecule has 1 aliphatic rings. The number of benzene rings is 1. The fourth-order valence-electron chi connectivity index (χ4n) is 1.79. The van der Waals surface area contributed by atoms with Crippen LogP contribution in [0.5, 0.6) is 0 Å². The van der Waals surface area contributed by atoms with Crippen molar-refractivity contribution in [2.24, 2.45) is 0 Å². The third-order valence-corrected chi connectivity index (χ3v) is 4.04. The Morgan fingerprint density at radius 2 is 2.17 bits per heavy atom. The van der Waals surface area contributed by atoms with E-state index in [4.69, 9.17) is 5.11 Å². The summed E-state index contributed by atoms with van der Waals surface area (Å²) < 4.78 is 1.95. The quantitative estimate of drug-likeness (QED) is 0.512. The molecule has 0 saturated heterocycles. The van der Waals surface area contributed by atoms with Gasteiger partial charge < -0.3 is 5.11 Å². The van der Waals surface area contributed by atoms with Crippen LogP contribution in [0.1, 0.15) is 16.8 Å². The number of allylic oxidation sites excluding steroid dienone is 1. The van der Waals surface area contributed by atoms with E-state index in [1.165, 1.54) is 0 Å². The summed E-state index contributed by atoms with van der Waals surface area (Å²) in [5, 5.41) is 10.1. The highest BCUT2D eigenvalue weighted by molar-refractivity contribution is 8.04. The van der Waals surface area contributed by atoms with Crippen LogP contribution in [-0.4, -0.2) is 40.6 Å². The van der Waals surface area contributed by atoms with Crippen LogP contribution in [0.3, 0.4) is 0 Å². The van der Waals surface area contributed by atoms with Crippen molar-refractivity contribution in [1.29, 1.82) is 0 Å². The minimum absolute atomic E-state index is 0.0167. The number of carbonyl (C=O) groups is 1. The molecule has 94 valence electrons. The molecular formula is C14H16NO2S+. The summed E-state index contributed by atoms with van der Waals surface area (Å²) in [4.78, 5) is 12.0. The van der Waals surface area contributed by atoms with E-state index in [2.05, 4.69) is 0 Å². The van der Waals surface area contributed by atoms with E-state index >= 15 is 0 Å². The van der Waals surface area contributed by atoms with Crippen molar-refractivity contribution in [3.05, 3.63) is 47.0 Å². The first-order valence-corrected chi connectivity index (χ1v) is 6.75. The van der Waals surface area contributed by atoms with Crippen molar-refractivity contribution >= 4 is 23.8 Å². The van der Waals surface area contributed by atoms with E-state index in [0.29, 0.717) is 12.0 Å². The van der Waals surface area contributed by atoms with Crippen LogP contribution in [0.4, 0.5) is 0 Å². The zero-order valence-electron chi connectivity index (χ0n) is 10.2. The first-order chi connectivity index (χ1) is 8.70. The van der Waals surface area contributed by atoms with Gasteiger partial charge in [0.15, 0.2) is 12.0 Å². The maximum Gasteiger partial charge on any atom is 0.244 e. The molecule has 2 rings (SSSR count). The Morgan fingerprint density at radius 1 is 1.44 bits per heavy atom. The van der Waals surface area contributed by atoms with Gasteiger partial charge in [-0.15, -0.1) is 0 Å². The van der Waals surface area contributed by atoms with Crippen LogP contribution in [0, 0.1) is 0 Å². The van der Waals surface area contributed by atoms with Crippen LogP contribution in [0.2, 0.25) is 0 Å². The second kappa shape index (κ2) is 5.98. The van der Waals surface area contributed by atoms with Gasteiger partial charge >= 0.3 is 0 Å². The number of rotatable bonds is 4. The largest absolute Gasteiger partial charge is 0.396 e. The molecule has 1 aliphatic heterocycles. The minimum Gasteiger partial charge on any atom is -0.396 e. The van der Waals surface area contributed by atoms with Crippen LogP contribution >= 0.6 is 11.8 Å². The van der Waals surface area contributed by atoms with Crippen LogP contribution < -0.4 is 0 Å². The zero-order valence-corrected chi connectivity index (χ0v) is 11.1. The summed E-state index contributed by atoms with van der Waals surface area (Å²) in [6, 6.07) is 9.24. The maximum absolute atomic E-state index is 12.0. The lowest BCUT2D eigenvalue weighted by Gasteiger charge is -1.98. The van der Waals surface area contributed by atoms with Gasteiger partial charge in [-0.3, -0.25) is 4.79 Å². The zero-order chi connectivity index (χ0) is 13.0. The van der Waals surface area contributed by atoms with Gasteiger partial charge in [0.1, 0.15) is 7.05 Å². The van der Waals surface area contributed by atoms with Gasteiger partial charge in [0.2, 0.25) is 5.03 Å². The second-order valence-corrected chi connectivity index (χ2v) is 5.40. The lowest BCUT2D eigenvalue weighted by Crippen LogP contribution is -2.05. The average molecular weight is 262 g/mol. The molecule has 3 nitrogen and oxygen atoms in total. The number of hydrogen-bond donors (Lipinski definition) is 1. The SMILES string of the molecule is C[N+]1=CC(CCO)S/C1=C\C(=O)c1ccccc1. The Morgan fingerprint density at radius 3 is 2.83 bits per heavy atom. The number of nitrogens with zero attached hydrogens (tertiary/aromatic N) is 1. The third kappa shape index (κ3) is 3.09. The van der Waals surface area contributed by atoms with Crippen molar-refractivity contribution in [3.8, 4) is 0 Å². The molecule has 0 radical (unpaired) electrons. The summed E-state index contributed by atoms with van der Waals surface area (Å²) in [6.45, 7) is 0.169. The first-order valence-electron chi connectivity index (χ1n) is 5.87. The van der Waals surface area contributed by atoms with E-state index < -0.39 is 0 Å². The summed E-state index contributed by atoms with van der Waals surface area (Å²) in [5.41, 5.74) is 0.699. The molecule has 0 amide bonds. The van der Waals surface area contributed by atoms with Gasteiger partial charge in [0.05, 0.1) is 11.3 Å². The summed E-state index contributed by atoms with van der Waals surface area (Å²) >= 11 is 1.62. The molecule has 1 aromatic carbocycles. The van der Waals surface area contributed by atoms with E-state index in [-0.39, 0.29) is 17.6 Å².